The molecule has 1 aliphatic rings. The van der Waals surface area contributed by atoms with Crippen molar-refractivity contribution in [3.63, 3.8) is 0 Å². The fourth-order valence-electron chi connectivity index (χ4n) is 2.21. The Hall–Kier alpha value is -1.28. The van der Waals surface area contributed by atoms with Crippen LogP contribution >= 0.6 is 0 Å². The molecular weight excluding hydrogens is 210 g/mol. The number of aryl methyl sites for hydroxylation is 1. The third-order valence-corrected chi connectivity index (χ3v) is 3.22. The van der Waals surface area contributed by atoms with Crippen LogP contribution < -0.4 is 10.5 Å². The van der Waals surface area contributed by atoms with Crippen LogP contribution in [0, 0.1) is 0 Å². The second-order valence-corrected chi connectivity index (χ2v) is 4.95. The molecule has 1 aliphatic carbocycles. The Kier molecular flexibility index (Phi) is 3.85. The summed E-state index contributed by atoms with van der Waals surface area (Å²) < 4.78 is 5.70. The lowest BCUT2D eigenvalue weighted by Crippen LogP contribution is -2.17. The van der Waals surface area contributed by atoms with Gasteiger partial charge in [-0.15, -0.1) is 0 Å². The van der Waals surface area contributed by atoms with Crippen molar-refractivity contribution in [2.75, 3.05) is 6.61 Å². The molecule has 0 aliphatic heterocycles. The highest BCUT2D eigenvalue weighted by Gasteiger charge is 2.16. The minimum absolute atomic E-state index is 0.186. The van der Waals surface area contributed by atoms with Crippen LogP contribution in [0.5, 0.6) is 5.75 Å². The van der Waals surface area contributed by atoms with Crippen LogP contribution in [0.4, 0.5) is 0 Å². The van der Waals surface area contributed by atoms with Crippen LogP contribution in [0.2, 0.25) is 0 Å². The van der Waals surface area contributed by atoms with Crippen molar-refractivity contribution >= 4 is 0 Å². The molecule has 0 spiro atoms. The molecule has 1 aromatic carbocycles. The highest BCUT2D eigenvalue weighted by Crippen LogP contribution is 2.30. The maximum atomic E-state index is 6.12. The zero-order valence-corrected chi connectivity index (χ0v) is 10.7. The molecule has 2 rings (SSSR count). The van der Waals surface area contributed by atoms with Gasteiger partial charge in [0.1, 0.15) is 12.4 Å². The Morgan fingerprint density at radius 3 is 3.06 bits per heavy atom. The summed E-state index contributed by atoms with van der Waals surface area (Å²) in [6.07, 6.45) is 5.52. The van der Waals surface area contributed by atoms with E-state index in [1.807, 2.05) is 0 Å². The minimum Gasteiger partial charge on any atom is -0.490 e. The smallest absolute Gasteiger partial charge is 0.120 e. The summed E-state index contributed by atoms with van der Waals surface area (Å²) in [5, 5.41) is 0. The molecule has 0 aromatic heterocycles. The standard InChI is InChI=1S/C15H21NO/c1-11(2)8-9-17-13-7-6-12-4-3-5-15(16)14(12)10-13/h6-8,10,15H,3-5,9,16H2,1-2H3. The summed E-state index contributed by atoms with van der Waals surface area (Å²) in [5.41, 5.74) is 10.1. The molecule has 0 saturated carbocycles. The van der Waals surface area contributed by atoms with E-state index in [1.54, 1.807) is 0 Å². The highest BCUT2D eigenvalue weighted by atomic mass is 16.5. The van der Waals surface area contributed by atoms with Gasteiger partial charge in [-0.05, 0) is 62.4 Å². The van der Waals surface area contributed by atoms with Crippen molar-refractivity contribution in [2.45, 2.75) is 39.2 Å². The topological polar surface area (TPSA) is 35.2 Å². The second kappa shape index (κ2) is 5.37. The molecule has 0 radical (unpaired) electrons. The van der Waals surface area contributed by atoms with E-state index in [1.165, 1.54) is 23.1 Å². The van der Waals surface area contributed by atoms with Gasteiger partial charge in [-0.2, -0.15) is 0 Å². The molecule has 1 unspecified atom stereocenters. The maximum Gasteiger partial charge on any atom is 0.120 e. The van der Waals surface area contributed by atoms with Crippen LogP contribution in [0.3, 0.4) is 0 Å². The van der Waals surface area contributed by atoms with Gasteiger partial charge in [-0.1, -0.05) is 11.6 Å². The quantitative estimate of drug-likeness (QED) is 0.809. The summed E-state index contributed by atoms with van der Waals surface area (Å²) in [4.78, 5) is 0. The van der Waals surface area contributed by atoms with E-state index in [0.717, 1.165) is 18.6 Å². The molecule has 0 fully saturated rings. The molecule has 1 atom stereocenters. The Balaban J connectivity index is 2.10. The normalized spacial score (nSPS) is 18.4. The molecule has 0 saturated heterocycles. The molecule has 2 N–H and O–H groups in total. The van der Waals surface area contributed by atoms with E-state index in [4.69, 9.17) is 10.5 Å². The van der Waals surface area contributed by atoms with Crippen molar-refractivity contribution in [1.29, 1.82) is 0 Å². The summed E-state index contributed by atoms with van der Waals surface area (Å²) in [5.74, 6) is 0.929. The van der Waals surface area contributed by atoms with Gasteiger partial charge < -0.3 is 10.5 Å². The fourth-order valence-corrected chi connectivity index (χ4v) is 2.21. The molecule has 2 nitrogen and oxygen atoms in total. The van der Waals surface area contributed by atoms with Crippen molar-refractivity contribution in [1.82, 2.24) is 0 Å². The lowest BCUT2D eigenvalue weighted by molar-refractivity contribution is 0.360. The third-order valence-electron chi connectivity index (χ3n) is 3.22. The summed E-state index contributed by atoms with van der Waals surface area (Å²) in [6.45, 7) is 4.79. The van der Waals surface area contributed by atoms with Gasteiger partial charge in [0.2, 0.25) is 0 Å². The monoisotopic (exact) mass is 231 g/mol. The van der Waals surface area contributed by atoms with Crippen molar-refractivity contribution < 1.29 is 4.74 Å². The largest absolute Gasteiger partial charge is 0.490 e. The molecule has 17 heavy (non-hydrogen) atoms. The Morgan fingerprint density at radius 2 is 2.29 bits per heavy atom. The molecule has 0 bridgehead atoms. The molecule has 2 heteroatoms. The Labute approximate surface area is 103 Å². The van der Waals surface area contributed by atoms with Gasteiger partial charge in [0.05, 0.1) is 0 Å². The number of nitrogens with two attached hydrogens (primary N) is 1. The number of allylic oxidation sites excluding steroid dienone is 1. The molecule has 0 heterocycles. The second-order valence-electron chi connectivity index (χ2n) is 4.95. The average Bonchev–Trinajstić information content (AvgIpc) is 2.30. The number of hydrogen-bond acceptors (Lipinski definition) is 2. The fraction of sp³-hybridized carbons (Fsp3) is 0.467. The molecular formula is C15H21NO. The van der Waals surface area contributed by atoms with Gasteiger partial charge >= 0.3 is 0 Å². The first-order chi connectivity index (χ1) is 8.16. The van der Waals surface area contributed by atoms with E-state index in [2.05, 4.69) is 38.1 Å². The van der Waals surface area contributed by atoms with E-state index in [9.17, 15) is 0 Å². The number of rotatable bonds is 3. The van der Waals surface area contributed by atoms with Crippen LogP contribution in [0.15, 0.2) is 29.8 Å². The number of ether oxygens (including phenoxy) is 1. The molecule has 92 valence electrons. The van der Waals surface area contributed by atoms with Gasteiger partial charge in [-0.3, -0.25) is 0 Å². The van der Waals surface area contributed by atoms with Crippen molar-refractivity contribution in [3.8, 4) is 5.75 Å². The average molecular weight is 231 g/mol. The van der Waals surface area contributed by atoms with Gasteiger partial charge in [0.15, 0.2) is 0 Å². The van der Waals surface area contributed by atoms with Crippen LogP contribution in [-0.2, 0) is 6.42 Å². The van der Waals surface area contributed by atoms with Crippen LogP contribution in [0.25, 0.3) is 0 Å². The van der Waals surface area contributed by atoms with Crippen LogP contribution in [0.1, 0.15) is 43.9 Å². The maximum absolute atomic E-state index is 6.12. The predicted octanol–water partition coefficient (Wildman–Crippen LogP) is 3.37. The minimum atomic E-state index is 0.186. The van der Waals surface area contributed by atoms with Gasteiger partial charge in [0, 0.05) is 6.04 Å². The summed E-state index contributed by atoms with van der Waals surface area (Å²) in [7, 11) is 0. The molecule has 0 amide bonds. The lowest BCUT2D eigenvalue weighted by Gasteiger charge is -2.22. The summed E-state index contributed by atoms with van der Waals surface area (Å²) in [6, 6.07) is 6.51. The van der Waals surface area contributed by atoms with Crippen molar-refractivity contribution in [3.05, 3.63) is 41.0 Å². The van der Waals surface area contributed by atoms with Gasteiger partial charge in [0.25, 0.3) is 0 Å². The Morgan fingerprint density at radius 1 is 1.47 bits per heavy atom. The predicted molar refractivity (Wildman–Crippen MR) is 71.2 cm³/mol. The lowest BCUT2D eigenvalue weighted by atomic mass is 9.88. The summed E-state index contributed by atoms with van der Waals surface area (Å²) >= 11 is 0. The number of fused-ring (bicyclic) bond motifs is 1. The first-order valence-corrected chi connectivity index (χ1v) is 6.31. The number of benzene rings is 1. The van der Waals surface area contributed by atoms with Gasteiger partial charge in [-0.25, -0.2) is 0 Å². The zero-order chi connectivity index (χ0) is 12.3. The van der Waals surface area contributed by atoms with Crippen molar-refractivity contribution in [2.24, 2.45) is 5.73 Å². The SMILES string of the molecule is CC(C)=CCOc1ccc2c(c1)C(N)CCC2. The van der Waals surface area contributed by atoms with E-state index in [0.29, 0.717) is 6.61 Å². The first kappa shape index (κ1) is 12.2. The Bertz CT molecular complexity index is 419. The number of hydrogen-bond donors (Lipinski definition) is 1. The first-order valence-electron chi connectivity index (χ1n) is 6.31. The van der Waals surface area contributed by atoms with E-state index in [-0.39, 0.29) is 6.04 Å². The highest BCUT2D eigenvalue weighted by molar-refractivity contribution is 5.39. The van der Waals surface area contributed by atoms with E-state index < -0.39 is 0 Å². The zero-order valence-electron chi connectivity index (χ0n) is 10.7. The van der Waals surface area contributed by atoms with E-state index >= 15 is 0 Å². The molecule has 1 aromatic rings. The van der Waals surface area contributed by atoms with Crippen LogP contribution in [-0.4, -0.2) is 6.61 Å². The third kappa shape index (κ3) is 3.10.